The second-order valence-electron chi connectivity index (χ2n) is 7.98. The molecule has 0 radical (unpaired) electrons. The lowest BCUT2D eigenvalue weighted by Crippen LogP contribution is -2.38. The molecule has 0 bridgehead atoms. The first kappa shape index (κ1) is 26.7. The van der Waals surface area contributed by atoms with Gasteiger partial charge in [-0.15, -0.1) is 0 Å². The molecule has 2 amide bonds. The van der Waals surface area contributed by atoms with Crippen molar-refractivity contribution in [2.75, 3.05) is 25.5 Å². The average Bonchev–Trinajstić information content (AvgIpc) is 2.75. The van der Waals surface area contributed by atoms with Gasteiger partial charge in [0.05, 0.1) is 11.2 Å². The van der Waals surface area contributed by atoms with Crippen LogP contribution in [0, 0.1) is 5.82 Å². The number of nitrogens with one attached hydrogen (secondary N) is 1. The summed E-state index contributed by atoms with van der Waals surface area (Å²) in [5.74, 6) is -1.45. The number of hydrogen-bond donors (Lipinski definition) is 1. The Kier molecular flexibility index (Phi) is 8.54. The van der Waals surface area contributed by atoms with Gasteiger partial charge >= 0.3 is 12.2 Å². The molecule has 0 saturated heterocycles. The second kappa shape index (κ2) is 10.6. The number of carbonyl (C=O) groups excluding carboxylic acids is 1. The molecule has 0 fully saturated rings. The number of rotatable bonds is 6. The van der Waals surface area contributed by atoms with Crippen LogP contribution in [0.2, 0.25) is 0 Å². The van der Waals surface area contributed by atoms with Crippen LogP contribution in [0.25, 0.3) is 0 Å². The topological polar surface area (TPSA) is 41.6 Å². The molecule has 1 aliphatic rings. The molecule has 0 atom stereocenters. The fraction of sp³-hybridized carbons (Fsp3) is 0.375. The van der Waals surface area contributed by atoms with Crippen LogP contribution < -0.4 is 5.32 Å². The van der Waals surface area contributed by atoms with E-state index >= 15 is 0 Å². The number of nitrogens with zero attached hydrogens (tertiary/aromatic N) is 1. The van der Waals surface area contributed by atoms with Crippen molar-refractivity contribution in [3.8, 4) is 0 Å². The number of alkyl halides is 3. The molecule has 0 spiro atoms. The van der Waals surface area contributed by atoms with E-state index in [0.29, 0.717) is 35.7 Å². The SMILES string of the molecule is C=C(C1=CCN(C(=O)Nc2ccc(C(F)(F)F)c(F)c2)CC1)/C(Cl)=C\C(=C/C)C(C)(C)OC. The highest BCUT2D eigenvalue weighted by Crippen LogP contribution is 2.33. The molecular formula is C24H27ClF4N2O2. The van der Waals surface area contributed by atoms with Gasteiger partial charge < -0.3 is 15.0 Å². The van der Waals surface area contributed by atoms with E-state index in [9.17, 15) is 22.4 Å². The molecule has 0 aliphatic carbocycles. The standard InChI is InChI=1S/C24H27ClF4N2O2/c1-6-17(23(3,4)33-5)13-20(25)15(2)16-9-11-31(12-10-16)22(32)30-18-7-8-19(21(26)14-18)24(27,28)29/h6-9,13-14H,2,10-12H2,1,3-5H3,(H,30,32)/b17-6+,20-13+. The van der Waals surface area contributed by atoms with E-state index in [1.165, 1.54) is 4.90 Å². The third kappa shape index (κ3) is 6.71. The van der Waals surface area contributed by atoms with Crippen LogP contribution in [0.3, 0.4) is 0 Å². The van der Waals surface area contributed by atoms with Crippen molar-refractivity contribution in [3.05, 3.63) is 76.1 Å². The van der Waals surface area contributed by atoms with E-state index in [1.807, 2.05) is 32.9 Å². The molecule has 1 aromatic rings. The number of methoxy groups -OCH3 is 1. The quantitative estimate of drug-likeness (QED) is 0.345. The highest BCUT2D eigenvalue weighted by atomic mass is 35.5. The van der Waals surface area contributed by atoms with Crippen molar-refractivity contribution in [2.24, 2.45) is 0 Å². The summed E-state index contributed by atoms with van der Waals surface area (Å²) in [6.07, 6.45) is 1.20. The lowest BCUT2D eigenvalue weighted by molar-refractivity contribution is -0.139. The highest BCUT2D eigenvalue weighted by Gasteiger charge is 2.34. The zero-order chi connectivity index (χ0) is 25.0. The first-order chi connectivity index (χ1) is 15.3. The largest absolute Gasteiger partial charge is 0.419 e. The number of halogens is 5. The minimum Gasteiger partial charge on any atom is -0.374 e. The summed E-state index contributed by atoms with van der Waals surface area (Å²) < 4.78 is 57.3. The minimum absolute atomic E-state index is 0.0599. The monoisotopic (exact) mass is 486 g/mol. The van der Waals surface area contributed by atoms with Crippen LogP contribution >= 0.6 is 11.6 Å². The molecule has 1 heterocycles. The Balaban J connectivity index is 2.05. The Morgan fingerprint density at radius 2 is 1.97 bits per heavy atom. The maximum atomic E-state index is 13.7. The predicted molar refractivity (Wildman–Crippen MR) is 123 cm³/mol. The third-order valence-electron chi connectivity index (χ3n) is 5.50. The maximum Gasteiger partial charge on any atom is 0.419 e. The van der Waals surface area contributed by atoms with Crippen molar-refractivity contribution in [1.82, 2.24) is 4.90 Å². The fourth-order valence-electron chi connectivity index (χ4n) is 3.25. The van der Waals surface area contributed by atoms with Gasteiger partial charge in [-0.2, -0.15) is 13.2 Å². The number of amides is 2. The summed E-state index contributed by atoms with van der Waals surface area (Å²) in [7, 11) is 1.61. The smallest absolute Gasteiger partial charge is 0.374 e. The molecule has 1 aromatic carbocycles. The Morgan fingerprint density at radius 3 is 2.45 bits per heavy atom. The van der Waals surface area contributed by atoms with Gasteiger partial charge in [-0.05, 0) is 68.2 Å². The van der Waals surface area contributed by atoms with Crippen LogP contribution in [0.4, 0.5) is 28.0 Å². The summed E-state index contributed by atoms with van der Waals surface area (Å²) in [4.78, 5) is 13.9. The molecule has 0 unspecified atom stereocenters. The summed E-state index contributed by atoms with van der Waals surface area (Å²) in [6, 6.07) is 1.72. The molecule has 180 valence electrons. The normalized spacial score (nSPS) is 15.9. The van der Waals surface area contributed by atoms with Gasteiger partial charge in [0.15, 0.2) is 0 Å². The zero-order valence-corrected chi connectivity index (χ0v) is 19.7. The van der Waals surface area contributed by atoms with Crippen LogP contribution in [-0.2, 0) is 10.9 Å². The Morgan fingerprint density at radius 1 is 1.30 bits per heavy atom. The molecular weight excluding hydrogens is 460 g/mol. The van der Waals surface area contributed by atoms with E-state index in [0.717, 1.165) is 17.2 Å². The van der Waals surface area contributed by atoms with Gasteiger partial charge in [0.25, 0.3) is 0 Å². The lowest BCUT2D eigenvalue weighted by atomic mass is 9.94. The Labute approximate surface area is 196 Å². The maximum absolute atomic E-state index is 13.7. The molecule has 2 rings (SSSR count). The molecule has 9 heteroatoms. The van der Waals surface area contributed by atoms with Crippen molar-refractivity contribution >= 4 is 23.3 Å². The van der Waals surface area contributed by atoms with E-state index < -0.39 is 29.2 Å². The number of urea groups is 1. The molecule has 1 aliphatic heterocycles. The van der Waals surface area contributed by atoms with Crippen LogP contribution in [0.1, 0.15) is 32.8 Å². The van der Waals surface area contributed by atoms with Gasteiger partial charge in [0.1, 0.15) is 5.82 Å². The fourth-order valence-corrected chi connectivity index (χ4v) is 3.49. The van der Waals surface area contributed by atoms with Gasteiger partial charge in [-0.1, -0.05) is 30.3 Å². The highest BCUT2D eigenvalue weighted by molar-refractivity contribution is 6.32. The van der Waals surface area contributed by atoms with E-state index in [-0.39, 0.29) is 12.2 Å². The molecule has 4 nitrogen and oxygen atoms in total. The molecule has 0 aromatic heterocycles. The Hall–Kier alpha value is -2.58. The van der Waals surface area contributed by atoms with Crippen LogP contribution in [0.15, 0.2) is 64.8 Å². The summed E-state index contributed by atoms with van der Waals surface area (Å²) in [5.41, 5.74) is 0.430. The van der Waals surface area contributed by atoms with E-state index in [1.54, 1.807) is 13.2 Å². The van der Waals surface area contributed by atoms with E-state index in [4.69, 9.17) is 16.3 Å². The zero-order valence-electron chi connectivity index (χ0n) is 18.9. The number of carbonyl (C=O) groups is 1. The molecule has 1 N–H and O–H groups in total. The second-order valence-corrected chi connectivity index (χ2v) is 8.38. The predicted octanol–water partition coefficient (Wildman–Crippen LogP) is 7.06. The van der Waals surface area contributed by atoms with Crippen LogP contribution in [-0.4, -0.2) is 36.7 Å². The van der Waals surface area contributed by atoms with Crippen LogP contribution in [0.5, 0.6) is 0 Å². The van der Waals surface area contributed by atoms with Gasteiger partial charge in [-0.25, -0.2) is 9.18 Å². The number of ether oxygens (including phenoxy) is 1. The molecule has 33 heavy (non-hydrogen) atoms. The van der Waals surface area contributed by atoms with Crippen molar-refractivity contribution in [2.45, 2.75) is 39.0 Å². The van der Waals surface area contributed by atoms with Gasteiger partial charge in [-0.3, -0.25) is 0 Å². The van der Waals surface area contributed by atoms with Crippen molar-refractivity contribution < 1.29 is 27.1 Å². The summed E-state index contributed by atoms with van der Waals surface area (Å²) >= 11 is 6.48. The third-order valence-corrected chi connectivity index (χ3v) is 5.83. The number of anilines is 1. The summed E-state index contributed by atoms with van der Waals surface area (Å²) in [6.45, 7) is 10.4. The van der Waals surface area contributed by atoms with Gasteiger partial charge in [0, 0.05) is 30.9 Å². The number of hydrogen-bond acceptors (Lipinski definition) is 2. The first-order valence-electron chi connectivity index (χ1n) is 10.2. The minimum atomic E-state index is -4.80. The van der Waals surface area contributed by atoms with Crippen molar-refractivity contribution in [1.29, 1.82) is 0 Å². The number of benzene rings is 1. The number of allylic oxidation sites excluding steroid dienone is 3. The Bertz CT molecular complexity index is 1010. The first-order valence-corrected chi connectivity index (χ1v) is 10.6. The average molecular weight is 487 g/mol. The van der Waals surface area contributed by atoms with Crippen molar-refractivity contribution in [3.63, 3.8) is 0 Å². The van der Waals surface area contributed by atoms with E-state index in [2.05, 4.69) is 11.9 Å². The summed E-state index contributed by atoms with van der Waals surface area (Å²) in [5, 5.41) is 2.88. The molecule has 0 saturated carbocycles. The van der Waals surface area contributed by atoms with Gasteiger partial charge in [0.2, 0.25) is 0 Å². The lowest BCUT2D eigenvalue weighted by Gasteiger charge is -2.28.